The van der Waals surface area contributed by atoms with Gasteiger partial charge in [0.05, 0.1) is 12.7 Å². The third kappa shape index (κ3) is 4.40. The van der Waals surface area contributed by atoms with Crippen molar-refractivity contribution in [3.63, 3.8) is 0 Å². The van der Waals surface area contributed by atoms with Crippen molar-refractivity contribution in [1.29, 1.82) is 0 Å². The van der Waals surface area contributed by atoms with Crippen molar-refractivity contribution >= 4 is 0 Å². The van der Waals surface area contributed by atoms with Gasteiger partial charge >= 0.3 is 0 Å². The third-order valence-electron chi connectivity index (χ3n) is 7.48. The Morgan fingerprint density at radius 2 is 1.75 bits per heavy atom. The zero-order valence-corrected chi connectivity index (χ0v) is 17.0. The molecule has 8 heteroatoms. The van der Waals surface area contributed by atoms with E-state index >= 15 is 0 Å². The quantitative estimate of drug-likeness (QED) is 0.612. The van der Waals surface area contributed by atoms with E-state index in [4.69, 9.17) is 0 Å². The Kier molecular flexibility index (Phi) is 6.60. The summed E-state index contributed by atoms with van der Waals surface area (Å²) in [5, 5.41) is 10.6. The Balaban J connectivity index is 1.28. The second-order valence-electron chi connectivity index (χ2n) is 9.50. The first-order valence-corrected chi connectivity index (χ1v) is 11.2. The van der Waals surface area contributed by atoms with Crippen LogP contribution in [-0.2, 0) is 0 Å². The van der Waals surface area contributed by atoms with Gasteiger partial charge in [-0.2, -0.15) is 0 Å². The van der Waals surface area contributed by atoms with Crippen LogP contribution < -0.4 is 16.0 Å². The summed E-state index contributed by atoms with van der Waals surface area (Å²) < 4.78 is 28.3. The van der Waals surface area contributed by atoms with E-state index in [1.165, 1.54) is 25.7 Å². The molecule has 3 N–H and O–H groups in total. The molecule has 4 unspecified atom stereocenters. The highest BCUT2D eigenvalue weighted by molar-refractivity contribution is 4.93. The van der Waals surface area contributed by atoms with E-state index in [1.54, 1.807) is 0 Å². The van der Waals surface area contributed by atoms with Crippen LogP contribution in [0.3, 0.4) is 0 Å². The van der Waals surface area contributed by atoms with E-state index in [0.717, 1.165) is 43.4 Å². The van der Waals surface area contributed by atoms with Gasteiger partial charge in [0.15, 0.2) is 0 Å². The molecule has 4 rings (SSSR count). The number of nitrogens with zero attached hydrogens (tertiary/aromatic N) is 2. The van der Waals surface area contributed by atoms with Gasteiger partial charge in [0.2, 0.25) is 12.5 Å². The summed E-state index contributed by atoms with van der Waals surface area (Å²) in [5.41, 5.74) is 0. The van der Waals surface area contributed by atoms with Gasteiger partial charge < -0.3 is 16.0 Å². The Morgan fingerprint density at radius 3 is 2.43 bits per heavy atom. The second-order valence-corrected chi connectivity index (χ2v) is 9.50. The fraction of sp³-hybridized carbons (Fsp3) is 1.00. The molecule has 4 aliphatic heterocycles. The van der Waals surface area contributed by atoms with Gasteiger partial charge in [0, 0.05) is 42.1 Å². The van der Waals surface area contributed by atoms with Crippen molar-refractivity contribution in [3.8, 4) is 0 Å². The summed E-state index contributed by atoms with van der Waals surface area (Å²) >= 11 is 0. The molecule has 4 heterocycles. The van der Waals surface area contributed by atoms with Crippen LogP contribution in [0.15, 0.2) is 0 Å². The van der Waals surface area contributed by atoms with E-state index in [0.29, 0.717) is 18.9 Å². The lowest BCUT2D eigenvalue weighted by Crippen LogP contribution is -2.61. The van der Waals surface area contributed by atoms with Gasteiger partial charge in [0.1, 0.15) is 5.92 Å². The molecule has 28 heavy (non-hydrogen) atoms. The molecular weight excluding hydrogens is 364 g/mol. The Labute approximate surface area is 166 Å². The van der Waals surface area contributed by atoms with Gasteiger partial charge in [-0.25, -0.2) is 13.7 Å². The third-order valence-corrected chi connectivity index (χ3v) is 7.48. The minimum absolute atomic E-state index is 0.0772. The highest BCUT2D eigenvalue weighted by Gasteiger charge is 2.57. The van der Waals surface area contributed by atoms with Crippen molar-refractivity contribution in [2.24, 2.45) is 23.7 Å². The number of rotatable bonds is 5. The average molecular weight is 401 g/mol. The molecule has 0 saturated carbocycles. The zero-order chi connectivity index (χ0) is 19.7. The largest absolute Gasteiger partial charge is 0.317 e. The fourth-order valence-corrected chi connectivity index (χ4v) is 5.82. The maximum Gasteiger partial charge on any atom is 0.266 e. The topological polar surface area (TPSA) is 59.4 Å². The van der Waals surface area contributed by atoms with Crippen molar-refractivity contribution in [2.75, 3.05) is 39.3 Å². The van der Waals surface area contributed by atoms with Crippen LogP contribution in [0.25, 0.3) is 0 Å². The molecule has 4 saturated heterocycles. The lowest BCUT2D eigenvalue weighted by Gasteiger charge is -2.42. The number of hydrogen-bond acceptors (Lipinski definition) is 5. The highest BCUT2D eigenvalue weighted by atomic mass is 19.3. The first-order valence-electron chi connectivity index (χ1n) is 11.2. The summed E-state index contributed by atoms with van der Waals surface area (Å²) in [4.78, 5) is 14.3. The molecule has 4 atom stereocenters. The number of halogens is 2. The minimum Gasteiger partial charge on any atom is -0.317 e. The zero-order valence-electron chi connectivity index (χ0n) is 17.0. The molecule has 4 aliphatic rings. The molecule has 0 amide bonds. The number of nitrogens with one attached hydrogen (secondary N) is 3. The monoisotopic (exact) mass is 400 g/mol. The predicted octanol–water partition coefficient (Wildman–Crippen LogP) is 1.61. The number of hydrogen-bond donors (Lipinski definition) is 3. The lowest BCUT2D eigenvalue weighted by atomic mass is 9.83. The summed E-state index contributed by atoms with van der Waals surface area (Å²) in [6.45, 7) is 7.39. The van der Waals surface area contributed by atoms with E-state index in [-0.39, 0.29) is 18.1 Å². The second kappa shape index (κ2) is 8.98. The Morgan fingerprint density at radius 1 is 1.07 bits per heavy atom. The summed E-state index contributed by atoms with van der Waals surface area (Å²) in [6, 6.07) is -0.198. The first kappa shape index (κ1) is 20.6. The van der Waals surface area contributed by atoms with Crippen LogP contribution in [0.4, 0.5) is 8.78 Å². The number of fused-ring (bicyclic) bond motifs is 1. The number of alkyl halides is 2. The molecule has 0 aliphatic carbocycles. The molecule has 6 nitrogen and oxygen atoms in total. The number of nitroso groups, excluding NO2 is 1. The van der Waals surface area contributed by atoms with Crippen molar-refractivity contribution < 1.29 is 13.5 Å². The molecule has 160 valence electrons. The van der Waals surface area contributed by atoms with E-state index < -0.39 is 18.5 Å². The number of piperidine rings is 2. The normalized spacial score (nSPS) is 40.8. The minimum atomic E-state index is -2.45. The molecule has 4 fully saturated rings. The van der Waals surface area contributed by atoms with Crippen molar-refractivity contribution in [1.82, 2.24) is 20.9 Å². The van der Waals surface area contributed by atoms with Crippen LogP contribution >= 0.6 is 0 Å². The molecule has 0 aromatic rings. The van der Waals surface area contributed by atoms with Gasteiger partial charge in [-0.15, -0.1) is 0 Å². The molecular formula is C20H36F2N5O+. The van der Waals surface area contributed by atoms with Gasteiger partial charge in [-0.05, 0) is 57.0 Å². The maximum absolute atomic E-state index is 13.7. The van der Waals surface area contributed by atoms with Crippen molar-refractivity contribution in [3.05, 3.63) is 4.91 Å². The van der Waals surface area contributed by atoms with Crippen LogP contribution in [0.2, 0.25) is 0 Å². The highest BCUT2D eigenvalue weighted by Crippen LogP contribution is 2.37. The van der Waals surface area contributed by atoms with E-state index in [1.807, 2.05) is 11.8 Å². The van der Waals surface area contributed by atoms with Crippen molar-refractivity contribution in [2.45, 2.75) is 63.8 Å². The molecule has 0 bridgehead atoms. The van der Waals surface area contributed by atoms with Crippen LogP contribution in [0, 0.1) is 28.6 Å². The van der Waals surface area contributed by atoms with Gasteiger partial charge in [-0.1, -0.05) is 0 Å². The molecule has 0 aromatic heterocycles. The van der Waals surface area contributed by atoms with Gasteiger partial charge in [0.25, 0.3) is 6.17 Å². The first-order chi connectivity index (χ1) is 13.5. The molecule has 0 aromatic carbocycles. The smallest absolute Gasteiger partial charge is 0.266 e. The van der Waals surface area contributed by atoms with E-state index in [2.05, 4.69) is 16.0 Å². The fourth-order valence-electron chi connectivity index (χ4n) is 5.82. The summed E-state index contributed by atoms with van der Waals surface area (Å²) in [7, 11) is 0. The predicted molar refractivity (Wildman–Crippen MR) is 104 cm³/mol. The van der Waals surface area contributed by atoms with E-state index in [9.17, 15) is 13.7 Å². The summed E-state index contributed by atoms with van der Waals surface area (Å²) in [6.07, 6.45) is 2.51. The van der Waals surface area contributed by atoms with Gasteiger partial charge in [-0.3, -0.25) is 0 Å². The molecule has 0 spiro atoms. The summed E-state index contributed by atoms with van der Waals surface area (Å²) in [5.74, 6) is 0.743. The lowest BCUT2D eigenvalue weighted by molar-refractivity contribution is -0.617. The van der Waals surface area contributed by atoms with Crippen LogP contribution in [0.1, 0.15) is 39.0 Å². The van der Waals surface area contributed by atoms with Crippen LogP contribution in [-0.4, -0.2) is 73.7 Å². The molecule has 0 radical (unpaired) electrons. The SMILES string of the molecule is CC1CN2CC(C3NCC(CCC4CCNCC4)CN3)CC(C(F)F)C2[N+]1=O. The van der Waals surface area contributed by atoms with Crippen LogP contribution in [0.5, 0.6) is 0 Å². The average Bonchev–Trinajstić information content (AvgIpc) is 3.00. The Hall–Kier alpha value is -0.700. The standard InChI is InChI=1S/C20H36F2N5O/c1-13-11-26-12-16(8-17(18(21)22)20(26)27(13)28)19-24-9-15(10-25-19)3-2-14-4-6-23-7-5-14/h13-20,23-25H,2-12H2,1H3/q+1. The Bertz CT molecular complexity index is 537. The maximum atomic E-state index is 13.7.